The Morgan fingerprint density at radius 2 is 2.23 bits per heavy atom. The van der Waals surface area contributed by atoms with Gasteiger partial charge in [-0.05, 0) is 24.6 Å². The quantitative estimate of drug-likeness (QED) is 0.756. The van der Waals surface area contributed by atoms with E-state index < -0.39 is 0 Å². The molecule has 3 heterocycles. The van der Waals surface area contributed by atoms with Gasteiger partial charge in [-0.25, -0.2) is 19.3 Å². The molecule has 0 aliphatic carbocycles. The molecule has 0 bridgehead atoms. The van der Waals surface area contributed by atoms with Gasteiger partial charge in [0.25, 0.3) is 0 Å². The molecule has 1 aromatic carbocycles. The molecule has 3 aromatic rings. The molecule has 26 heavy (non-hydrogen) atoms. The molecule has 1 saturated heterocycles. The van der Waals surface area contributed by atoms with E-state index in [2.05, 4.69) is 25.2 Å². The van der Waals surface area contributed by atoms with Crippen molar-refractivity contribution in [1.29, 1.82) is 0 Å². The zero-order chi connectivity index (χ0) is 18.1. The Morgan fingerprint density at radius 1 is 1.35 bits per heavy atom. The number of aryl methyl sites for hydroxylation is 1. The van der Waals surface area contributed by atoms with Crippen LogP contribution in [0.2, 0.25) is 0 Å². The number of anilines is 2. The molecule has 4 rings (SSSR count). The van der Waals surface area contributed by atoms with Crippen LogP contribution in [0.5, 0.6) is 0 Å². The minimum atomic E-state index is -0.270. The lowest BCUT2D eigenvalue weighted by Crippen LogP contribution is -2.36. The Labute approximate surface area is 150 Å². The van der Waals surface area contributed by atoms with E-state index in [9.17, 15) is 4.39 Å². The van der Waals surface area contributed by atoms with Crippen molar-refractivity contribution in [2.24, 2.45) is 7.05 Å². The maximum Gasteiger partial charge on any atom is 0.203 e. The molecular weight excluding hydrogens is 335 g/mol. The number of fused-ring (bicyclic) bond motifs is 1. The largest absolute Gasteiger partial charge is 0.380 e. The molecular formula is C18H21FN6O. The molecule has 0 spiro atoms. The highest BCUT2D eigenvalue weighted by Crippen LogP contribution is 2.26. The van der Waals surface area contributed by atoms with Gasteiger partial charge in [0.15, 0.2) is 0 Å². The van der Waals surface area contributed by atoms with Crippen molar-refractivity contribution in [3.8, 4) is 0 Å². The lowest BCUT2D eigenvalue weighted by Gasteiger charge is -2.25. The lowest BCUT2D eigenvalue weighted by molar-refractivity contribution is 0.118. The fourth-order valence-electron chi connectivity index (χ4n) is 3.56. The maximum absolute atomic E-state index is 14.1. The highest BCUT2D eigenvalue weighted by Gasteiger charge is 2.33. The third kappa shape index (κ3) is 2.96. The van der Waals surface area contributed by atoms with E-state index in [1.807, 2.05) is 19.2 Å². The highest BCUT2D eigenvalue weighted by molar-refractivity contribution is 5.79. The standard InChI is InChI=1S/C18H21FN6O/c1-24-17-14(19)4-3-5-15(17)23-18(24)21-9-12-8-13(26-2)10-25(12)16-6-7-20-11-22-16/h3-7,11-13H,8-10H2,1-2H3,(H,21,23)/t12-,13-/m1/s1. The summed E-state index contributed by atoms with van der Waals surface area (Å²) in [7, 11) is 3.54. The molecule has 0 unspecified atom stereocenters. The number of rotatable bonds is 5. The first-order valence-corrected chi connectivity index (χ1v) is 8.57. The molecule has 2 aromatic heterocycles. The number of imidazole rings is 1. The molecule has 1 aliphatic rings. The van der Waals surface area contributed by atoms with Crippen molar-refractivity contribution >= 4 is 22.8 Å². The summed E-state index contributed by atoms with van der Waals surface area (Å²) in [5, 5.41) is 3.36. The van der Waals surface area contributed by atoms with E-state index in [1.165, 1.54) is 6.07 Å². The highest BCUT2D eigenvalue weighted by atomic mass is 19.1. The van der Waals surface area contributed by atoms with Crippen LogP contribution < -0.4 is 10.2 Å². The summed E-state index contributed by atoms with van der Waals surface area (Å²) >= 11 is 0. The molecule has 0 saturated carbocycles. The van der Waals surface area contributed by atoms with Crippen LogP contribution in [0.25, 0.3) is 11.0 Å². The molecule has 7 nitrogen and oxygen atoms in total. The number of aromatic nitrogens is 4. The first-order valence-electron chi connectivity index (χ1n) is 8.57. The molecule has 8 heteroatoms. The number of halogens is 1. The van der Waals surface area contributed by atoms with Crippen LogP contribution in [0.1, 0.15) is 6.42 Å². The van der Waals surface area contributed by atoms with E-state index in [0.29, 0.717) is 23.5 Å². The summed E-state index contributed by atoms with van der Waals surface area (Å²) in [6.45, 7) is 1.43. The van der Waals surface area contributed by atoms with Gasteiger partial charge >= 0.3 is 0 Å². The minimum absolute atomic E-state index is 0.148. The van der Waals surface area contributed by atoms with E-state index in [4.69, 9.17) is 4.74 Å². The number of methoxy groups -OCH3 is 1. The smallest absolute Gasteiger partial charge is 0.203 e. The SMILES string of the molecule is CO[C@@H]1C[C@H](CNc2nc3cccc(F)c3n2C)N(c2ccncn2)C1. The minimum Gasteiger partial charge on any atom is -0.380 e. The van der Waals surface area contributed by atoms with Crippen molar-refractivity contribution in [3.63, 3.8) is 0 Å². The normalized spacial score (nSPS) is 20.0. The summed E-state index contributed by atoms with van der Waals surface area (Å²) in [5.41, 5.74) is 1.15. The van der Waals surface area contributed by atoms with Crippen molar-refractivity contribution in [1.82, 2.24) is 19.5 Å². The Bertz CT molecular complexity index is 899. The number of nitrogens with one attached hydrogen (secondary N) is 1. The summed E-state index contributed by atoms with van der Waals surface area (Å²) in [5.74, 6) is 1.25. The van der Waals surface area contributed by atoms with Crippen molar-refractivity contribution in [3.05, 3.63) is 42.6 Å². The fourth-order valence-corrected chi connectivity index (χ4v) is 3.56. The van der Waals surface area contributed by atoms with Crippen LogP contribution in [0, 0.1) is 5.82 Å². The molecule has 136 valence electrons. The van der Waals surface area contributed by atoms with E-state index in [1.54, 1.807) is 30.3 Å². The second-order valence-corrected chi connectivity index (χ2v) is 6.45. The maximum atomic E-state index is 14.1. The number of ether oxygens (including phenoxy) is 1. The molecule has 0 amide bonds. The monoisotopic (exact) mass is 356 g/mol. The van der Waals surface area contributed by atoms with Crippen LogP contribution in [-0.2, 0) is 11.8 Å². The molecule has 0 radical (unpaired) electrons. The summed E-state index contributed by atoms with van der Waals surface area (Å²) in [4.78, 5) is 15.1. The predicted octanol–water partition coefficient (Wildman–Crippen LogP) is 2.21. The Kier molecular flexibility index (Phi) is 4.42. The van der Waals surface area contributed by atoms with E-state index in [-0.39, 0.29) is 18.0 Å². The van der Waals surface area contributed by atoms with Gasteiger partial charge in [0.1, 0.15) is 23.5 Å². The van der Waals surface area contributed by atoms with Gasteiger partial charge in [-0.1, -0.05) is 6.07 Å². The average Bonchev–Trinajstić information content (AvgIpc) is 3.22. The van der Waals surface area contributed by atoms with Crippen molar-refractivity contribution < 1.29 is 9.13 Å². The zero-order valence-electron chi connectivity index (χ0n) is 14.8. The van der Waals surface area contributed by atoms with Crippen molar-refractivity contribution in [2.45, 2.75) is 18.6 Å². The first-order chi connectivity index (χ1) is 12.7. The molecule has 1 fully saturated rings. The number of hydrogen-bond donors (Lipinski definition) is 1. The van der Waals surface area contributed by atoms with Gasteiger partial charge in [-0.15, -0.1) is 0 Å². The Morgan fingerprint density at radius 3 is 2.96 bits per heavy atom. The van der Waals surface area contributed by atoms with Crippen LogP contribution in [0.15, 0.2) is 36.8 Å². The fraction of sp³-hybridized carbons (Fsp3) is 0.389. The zero-order valence-corrected chi connectivity index (χ0v) is 14.8. The summed E-state index contributed by atoms with van der Waals surface area (Å²) in [6.07, 6.45) is 4.32. The second-order valence-electron chi connectivity index (χ2n) is 6.45. The summed E-state index contributed by atoms with van der Waals surface area (Å²) < 4.78 is 21.4. The topological polar surface area (TPSA) is 68.1 Å². The van der Waals surface area contributed by atoms with Gasteiger partial charge < -0.3 is 19.5 Å². The second kappa shape index (κ2) is 6.87. The Hall–Kier alpha value is -2.74. The average molecular weight is 356 g/mol. The molecule has 1 aliphatic heterocycles. The van der Waals surface area contributed by atoms with E-state index >= 15 is 0 Å². The van der Waals surface area contributed by atoms with Gasteiger partial charge in [0.05, 0.1) is 17.7 Å². The van der Waals surface area contributed by atoms with Gasteiger partial charge in [-0.3, -0.25) is 0 Å². The van der Waals surface area contributed by atoms with Gasteiger partial charge in [0, 0.05) is 33.4 Å². The lowest BCUT2D eigenvalue weighted by atomic mass is 10.2. The third-order valence-corrected chi connectivity index (χ3v) is 4.91. The van der Waals surface area contributed by atoms with Gasteiger partial charge in [-0.2, -0.15) is 0 Å². The number of nitrogens with zero attached hydrogens (tertiary/aromatic N) is 5. The number of para-hydroxylation sites is 1. The van der Waals surface area contributed by atoms with E-state index in [0.717, 1.165) is 18.8 Å². The van der Waals surface area contributed by atoms with Gasteiger partial charge in [0.2, 0.25) is 5.95 Å². The van der Waals surface area contributed by atoms with Crippen LogP contribution in [0.4, 0.5) is 16.2 Å². The van der Waals surface area contributed by atoms with Crippen molar-refractivity contribution in [2.75, 3.05) is 30.4 Å². The Balaban J connectivity index is 1.54. The molecule has 1 N–H and O–H groups in total. The molecule has 2 atom stereocenters. The third-order valence-electron chi connectivity index (χ3n) is 4.91. The van der Waals surface area contributed by atoms with Crippen LogP contribution >= 0.6 is 0 Å². The number of benzene rings is 1. The number of hydrogen-bond acceptors (Lipinski definition) is 6. The van der Waals surface area contributed by atoms with Crippen LogP contribution in [0.3, 0.4) is 0 Å². The predicted molar refractivity (Wildman–Crippen MR) is 97.7 cm³/mol. The summed E-state index contributed by atoms with van der Waals surface area (Å²) in [6, 6.07) is 7.03. The first kappa shape index (κ1) is 16.7. The van der Waals surface area contributed by atoms with Crippen LogP contribution in [-0.4, -0.2) is 51.9 Å².